The molecule has 0 aliphatic carbocycles. The number of nitrogens with one attached hydrogen (secondary N) is 2. The van der Waals surface area contributed by atoms with Crippen LogP contribution in [0.15, 0.2) is 35.4 Å². The molecule has 1 aromatic heterocycles. The van der Waals surface area contributed by atoms with E-state index < -0.39 is 4.92 Å². The van der Waals surface area contributed by atoms with Gasteiger partial charge in [0.15, 0.2) is 5.11 Å². The van der Waals surface area contributed by atoms with Crippen molar-refractivity contribution >= 4 is 29.2 Å². The Kier molecular flexibility index (Phi) is 5.64. The molecule has 2 aromatic rings. The number of hydrogen-bond acceptors (Lipinski definition) is 4. The number of aryl methyl sites for hydroxylation is 1. The van der Waals surface area contributed by atoms with E-state index in [4.69, 9.17) is 12.2 Å². The molecule has 1 heterocycles. The van der Waals surface area contributed by atoms with E-state index in [0.29, 0.717) is 5.11 Å². The molecule has 8 heteroatoms. The number of thiocarbonyl (C=S) groups is 1. The van der Waals surface area contributed by atoms with Gasteiger partial charge >= 0.3 is 0 Å². The Hall–Kier alpha value is -2.74. The number of nitrogens with zero attached hydrogens (tertiary/aromatic N) is 3. The Morgan fingerprint density at radius 2 is 2.04 bits per heavy atom. The van der Waals surface area contributed by atoms with Crippen LogP contribution < -0.4 is 10.7 Å². The van der Waals surface area contributed by atoms with Crippen molar-refractivity contribution < 1.29 is 4.92 Å². The monoisotopic (exact) mass is 345 g/mol. The maximum absolute atomic E-state index is 10.8. The van der Waals surface area contributed by atoms with Gasteiger partial charge in [0.2, 0.25) is 0 Å². The summed E-state index contributed by atoms with van der Waals surface area (Å²) in [6.45, 7) is 6.63. The number of nitro groups is 1. The van der Waals surface area contributed by atoms with Crippen molar-refractivity contribution in [2.24, 2.45) is 5.10 Å². The summed E-state index contributed by atoms with van der Waals surface area (Å²) in [4.78, 5) is 10.4. The molecule has 0 unspecified atom stereocenters. The van der Waals surface area contributed by atoms with Crippen molar-refractivity contribution in [3.63, 3.8) is 0 Å². The summed E-state index contributed by atoms with van der Waals surface area (Å²) in [6, 6.07) is 8.46. The van der Waals surface area contributed by atoms with E-state index in [1.54, 1.807) is 18.3 Å². The highest BCUT2D eigenvalue weighted by Gasteiger charge is 2.11. The minimum atomic E-state index is -0.407. The van der Waals surface area contributed by atoms with Gasteiger partial charge < -0.3 is 9.88 Å². The molecule has 0 spiro atoms. The molecule has 0 radical (unpaired) electrons. The third-order valence-corrected chi connectivity index (χ3v) is 3.73. The second-order valence-electron chi connectivity index (χ2n) is 5.16. The standard InChI is InChI=1S/C16H19N5O2S/c1-4-17-16(24)19-18-10-13-9-11(2)20(12(13)3)14-5-7-15(8-6-14)21(22)23/h5-10H,4H2,1-3H3,(H2,17,19,24). The van der Waals surface area contributed by atoms with Crippen LogP contribution >= 0.6 is 12.2 Å². The van der Waals surface area contributed by atoms with Gasteiger partial charge in [-0.3, -0.25) is 15.5 Å². The number of hydrazone groups is 1. The lowest BCUT2D eigenvalue weighted by Crippen LogP contribution is -2.31. The van der Waals surface area contributed by atoms with Crippen molar-refractivity contribution in [1.29, 1.82) is 0 Å². The van der Waals surface area contributed by atoms with Crippen LogP contribution in [0.5, 0.6) is 0 Å². The maximum Gasteiger partial charge on any atom is 0.269 e. The Bertz CT molecular complexity index is 781. The molecule has 126 valence electrons. The topological polar surface area (TPSA) is 84.5 Å². The van der Waals surface area contributed by atoms with E-state index in [0.717, 1.165) is 29.2 Å². The van der Waals surface area contributed by atoms with Crippen LogP contribution in [-0.2, 0) is 0 Å². The zero-order chi connectivity index (χ0) is 17.7. The molecule has 0 saturated carbocycles. The molecule has 0 aliphatic rings. The second-order valence-corrected chi connectivity index (χ2v) is 5.57. The van der Waals surface area contributed by atoms with Crippen LogP contribution in [0.25, 0.3) is 5.69 Å². The lowest BCUT2D eigenvalue weighted by Gasteiger charge is -2.09. The first-order chi connectivity index (χ1) is 11.4. The number of benzene rings is 1. The predicted octanol–water partition coefficient (Wildman–Crippen LogP) is 2.82. The van der Waals surface area contributed by atoms with Crippen molar-refractivity contribution in [2.45, 2.75) is 20.8 Å². The highest BCUT2D eigenvalue weighted by molar-refractivity contribution is 7.80. The first-order valence-electron chi connectivity index (χ1n) is 7.44. The summed E-state index contributed by atoms with van der Waals surface area (Å²) in [5, 5.41) is 18.3. The molecule has 24 heavy (non-hydrogen) atoms. The Morgan fingerprint density at radius 1 is 1.38 bits per heavy atom. The normalized spacial score (nSPS) is 10.8. The lowest BCUT2D eigenvalue weighted by molar-refractivity contribution is -0.384. The Balaban J connectivity index is 2.24. The number of non-ortho nitro benzene ring substituents is 1. The van der Waals surface area contributed by atoms with Gasteiger partial charge in [-0.25, -0.2) is 0 Å². The maximum atomic E-state index is 10.8. The molecule has 7 nitrogen and oxygen atoms in total. The molecule has 2 rings (SSSR count). The minimum Gasteiger partial charge on any atom is -0.362 e. The van der Waals surface area contributed by atoms with Crippen molar-refractivity contribution in [3.8, 4) is 5.69 Å². The van der Waals surface area contributed by atoms with Gasteiger partial charge in [-0.1, -0.05) is 0 Å². The highest BCUT2D eigenvalue weighted by Crippen LogP contribution is 2.21. The van der Waals surface area contributed by atoms with Crippen LogP contribution in [-0.4, -0.2) is 27.4 Å². The van der Waals surface area contributed by atoms with E-state index >= 15 is 0 Å². The molecule has 0 fully saturated rings. The van der Waals surface area contributed by atoms with Gasteiger partial charge in [0.1, 0.15) is 0 Å². The Morgan fingerprint density at radius 3 is 2.62 bits per heavy atom. The van der Waals surface area contributed by atoms with Gasteiger partial charge in [0.25, 0.3) is 5.69 Å². The van der Waals surface area contributed by atoms with Gasteiger partial charge in [0, 0.05) is 41.3 Å². The van der Waals surface area contributed by atoms with Gasteiger partial charge in [-0.2, -0.15) is 5.10 Å². The molecule has 0 amide bonds. The number of hydrogen-bond donors (Lipinski definition) is 2. The highest BCUT2D eigenvalue weighted by atomic mass is 32.1. The fourth-order valence-corrected chi connectivity index (χ4v) is 2.60. The zero-order valence-electron chi connectivity index (χ0n) is 13.7. The van der Waals surface area contributed by atoms with Crippen LogP contribution in [0.3, 0.4) is 0 Å². The number of aromatic nitrogens is 1. The van der Waals surface area contributed by atoms with E-state index in [2.05, 4.69) is 15.8 Å². The number of rotatable bonds is 5. The summed E-state index contributed by atoms with van der Waals surface area (Å²) in [5.41, 5.74) is 6.63. The average molecular weight is 345 g/mol. The summed E-state index contributed by atoms with van der Waals surface area (Å²) in [5.74, 6) is 0. The molecule has 1 aromatic carbocycles. The molecule has 0 atom stereocenters. The average Bonchev–Trinajstić information content (AvgIpc) is 2.82. The molecule has 0 bridgehead atoms. The zero-order valence-corrected chi connectivity index (χ0v) is 14.6. The largest absolute Gasteiger partial charge is 0.362 e. The summed E-state index contributed by atoms with van der Waals surface area (Å²) in [6.07, 6.45) is 1.70. The van der Waals surface area contributed by atoms with Crippen LogP contribution in [0.1, 0.15) is 23.9 Å². The fourth-order valence-electron chi connectivity index (χ4n) is 2.40. The summed E-state index contributed by atoms with van der Waals surface area (Å²) >= 11 is 5.05. The van der Waals surface area contributed by atoms with E-state index in [1.165, 1.54) is 12.1 Å². The molecule has 0 saturated heterocycles. The van der Waals surface area contributed by atoms with Crippen LogP contribution in [0.4, 0.5) is 5.69 Å². The van der Waals surface area contributed by atoms with Gasteiger partial charge in [0.05, 0.1) is 11.1 Å². The Labute approximate surface area is 145 Å². The van der Waals surface area contributed by atoms with Crippen molar-refractivity contribution in [3.05, 3.63) is 57.4 Å². The number of nitro benzene ring substituents is 1. The predicted molar refractivity (Wildman–Crippen MR) is 98.9 cm³/mol. The quantitative estimate of drug-likeness (QED) is 0.377. The van der Waals surface area contributed by atoms with E-state index in [1.807, 2.05) is 31.4 Å². The van der Waals surface area contributed by atoms with Crippen LogP contribution in [0, 0.1) is 24.0 Å². The molecule has 0 aliphatic heterocycles. The first kappa shape index (κ1) is 17.6. The van der Waals surface area contributed by atoms with Crippen molar-refractivity contribution in [1.82, 2.24) is 15.3 Å². The van der Waals surface area contributed by atoms with E-state index in [-0.39, 0.29) is 5.69 Å². The third-order valence-electron chi connectivity index (χ3n) is 3.50. The smallest absolute Gasteiger partial charge is 0.269 e. The molecule has 2 N–H and O–H groups in total. The second kappa shape index (κ2) is 7.69. The molecular formula is C16H19N5O2S. The fraction of sp³-hybridized carbons (Fsp3) is 0.250. The molecular weight excluding hydrogens is 326 g/mol. The van der Waals surface area contributed by atoms with Gasteiger partial charge in [-0.05, 0) is 51.2 Å². The minimum absolute atomic E-state index is 0.0733. The lowest BCUT2D eigenvalue weighted by atomic mass is 10.2. The van der Waals surface area contributed by atoms with Gasteiger partial charge in [-0.15, -0.1) is 0 Å². The summed E-state index contributed by atoms with van der Waals surface area (Å²) < 4.78 is 2.02. The summed E-state index contributed by atoms with van der Waals surface area (Å²) in [7, 11) is 0. The van der Waals surface area contributed by atoms with Crippen molar-refractivity contribution in [2.75, 3.05) is 6.54 Å². The van der Waals surface area contributed by atoms with E-state index in [9.17, 15) is 10.1 Å². The third kappa shape index (κ3) is 3.96. The SMILES string of the molecule is CCNC(=S)NN=Cc1cc(C)n(-c2ccc([N+](=O)[O-])cc2)c1C. The first-order valence-corrected chi connectivity index (χ1v) is 7.85. The van der Waals surface area contributed by atoms with Crippen LogP contribution in [0.2, 0.25) is 0 Å².